The van der Waals surface area contributed by atoms with Crippen LogP contribution in [0.5, 0.6) is 0 Å². The Morgan fingerprint density at radius 3 is 2.58 bits per heavy atom. The SMILES string of the molecule is COC(=O)C(C)(/C=C/CO)OO. The number of methoxy groups -OCH3 is 1. The van der Waals surface area contributed by atoms with Gasteiger partial charge in [-0.25, -0.2) is 9.68 Å². The van der Waals surface area contributed by atoms with Crippen molar-refractivity contribution in [3.63, 3.8) is 0 Å². The maximum atomic E-state index is 10.9. The fourth-order valence-electron chi connectivity index (χ4n) is 0.616. The summed E-state index contributed by atoms with van der Waals surface area (Å²) >= 11 is 0. The molecule has 0 aliphatic rings. The van der Waals surface area contributed by atoms with Crippen LogP contribution in [0.2, 0.25) is 0 Å². The summed E-state index contributed by atoms with van der Waals surface area (Å²) in [6.45, 7) is 1.07. The Morgan fingerprint density at radius 2 is 2.25 bits per heavy atom. The van der Waals surface area contributed by atoms with Gasteiger partial charge < -0.3 is 9.84 Å². The molecule has 0 rings (SSSR count). The van der Waals surface area contributed by atoms with Gasteiger partial charge in [-0.3, -0.25) is 5.26 Å². The van der Waals surface area contributed by atoms with Crippen LogP contribution in [0.1, 0.15) is 6.92 Å². The van der Waals surface area contributed by atoms with Crippen LogP contribution >= 0.6 is 0 Å². The van der Waals surface area contributed by atoms with Gasteiger partial charge in [0.1, 0.15) is 0 Å². The summed E-state index contributed by atoms with van der Waals surface area (Å²) in [5.74, 6) is -0.741. The van der Waals surface area contributed by atoms with E-state index in [9.17, 15) is 4.79 Å². The first-order valence-corrected chi connectivity index (χ1v) is 3.30. The average molecular weight is 176 g/mol. The van der Waals surface area contributed by atoms with Gasteiger partial charge in [0.15, 0.2) is 0 Å². The number of aliphatic hydroxyl groups is 1. The van der Waals surface area contributed by atoms with E-state index in [1.165, 1.54) is 26.2 Å². The molecular weight excluding hydrogens is 164 g/mol. The van der Waals surface area contributed by atoms with E-state index >= 15 is 0 Å². The van der Waals surface area contributed by atoms with E-state index in [0.29, 0.717) is 0 Å². The number of rotatable bonds is 4. The first-order chi connectivity index (χ1) is 5.60. The number of carbonyl (C=O) groups is 1. The second kappa shape index (κ2) is 4.87. The van der Waals surface area contributed by atoms with E-state index in [1.54, 1.807) is 0 Å². The molecule has 0 aromatic carbocycles. The van der Waals surface area contributed by atoms with Crippen LogP contribution < -0.4 is 0 Å². The number of esters is 1. The zero-order valence-electron chi connectivity index (χ0n) is 6.98. The smallest absolute Gasteiger partial charge is 0.345 e. The van der Waals surface area contributed by atoms with Crippen LogP contribution in [0.4, 0.5) is 0 Å². The van der Waals surface area contributed by atoms with Gasteiger partial charge in [-0.2, -0.15) is 0 Å². The highest BCUT2D eigenvalue weighted by Crippen LogP contribution is 2.12. The predicted octanol–water partition coefficient (Wildman–Crippen LogP) is -0.0438. The van der Waals surface area contributed by atoms with Crippen LogP contribution in [0.25, 0.3) is 0 Å². The monoisotopic (exact) mass is 176 g/mol. The number of hydrogen-bond donors (Lipinski definition) is 2. The molecule has 70 valence electrons. The third kappa shape index (κ3) is 2.61. The van der Waals surface area contributed by atoms with Gasteiger partial charge in [-0.1, -0.05) is 6.08 Å². The van der Waals surface area contributed by atoms with Gasteiger partial charge in [0, 0.05) is 0 Å². The topological polar surface area (TPSA) is 76.0 Å². The maximum absolute atomic E-state index is 10.9. The maximum Gasteiger partial charge on any atom is 0.345 e. The Kier molecular flexibility index (Phi) is 4.50. The number of carbonyl (C=O) groups excluding carboxylic acids is 1. The summed E-state index contributed by atoms with van der Waals surface area (Å²) in [6, 6.07) is 0. The van der Waals surface area contributed by atoms with Crippen LogP contribution in [0, 0.1) is 0 Å². The summed E-state index contributed by atoms with van der Waals surface area (Å²) < 4.78 is 4.35. The highest BCUT2D eigenvalue weighted by Gasteiger charge is 2.33. The third-order valence-corrected chi connectivity index (χ3v) is 1.32. The van der Waals surface area contributed by atoms with Gasteiger partial charge in [0.25, 0.3) is 0 Å². The molecule has 2 N–H and O–H groups in total. The Hall–Kier alpha value is -0.910. The lowest BCUT2D eigenvalue weighted by molar-refractivity contribution is -0.298. The Labute approximate surface area is 70.1 Å². The molecule has 0 aromatic heterocycles. The van der Waals surface area contributed by atoms with E-state index in [0.717, 1.165) is 0 Å². The molecular formula is C7H12O5. The zero-order valence-corrected chi connectivity index (χ0v) is 6.98. The van der Waals surface area contributed by atoms with E-state index in [2.05, 4.69) is 9.62 Å². The van der Waals surface area contributed by atoms with Crippen LogP contribution in [0.3, 0.4) is 0 Å². The predicted molar refractivity (Wildman–Crippen MR) is 40.4 cm³/mol. The van der Waals surface area contributed by atoms with Gasteiger partial charge in [0.05, 0.1) is 13.7 Å². The largest absolute Gasteiger partial charge is 0.467 e. The highest BCUT2D eigenvalue weighted by atomic mass is 17.1. The number of aliphatic hydroxyl groups excluding tert-OH is 1. The summed E-state index contributed by atoms with van der Waals surface area (Å²) in [7, 11) is 1.17. The lowest BCUT2D eigenvalue weighted by Gasteiger charge is -2.17. The summed E-state index contributed by atoms with van der Waals surface area (Å²) in [6.07, 6.45) is 2.48. The Balaban J connectivity index is 4.44. The van der Waals surface area contributed by atoms with Gasteiger partial charge >= 0.3 is 5.97 Å². The molecule has 0 bridgehead atoms. The standard InChI is InChI=1S/C7H12O5/c1-7(12-10,4-3-5-8)6(9)11-2/h3-4,8,10H,5H2,1-2H3/b4-3+. The van der Waals surface area contributed by atoms with Crippen molar-refractivity contribution in [2.75, 3.05) is 13.7 Å². The third-order valence-electron chi connectivity index (χ3n) is 1.32. The fraction of sp³-hybridized carbons (Fsp3) is 0.571. The van der Waals surface area contributed by atoms with Crippen molar-refractivity contribution in [3.05, 3.63) is 12.2 Å². The molecule has 0 amide bonds. The first-order valence-electron chi connectivity index (χ1n) is 3.30. The van der Waals surface area contributed by atoms with E-state index in [-0.39, 0.29) is 6.61 Å². The molecule has 5 heteroatoms. The second-order valence-electron chi connectivity index (χ2n) is 2.27. The second-order valence-corrected chi connectivity index (χ2v) is 2.27. The van der Waals surface area contributed by atoms with Crippen molar-refractivity contribution >= 4 is 5.97 Å². The van der Waals surface area contributed by atoms with Crippen molar-refractivity contribution in [1.82, 2.24) is 0 Å². The quantitative estimate of drug-likeness (QED) is 0.272. The highest BCUT2D eigenvalue weighted by molar-refractivity contribution is 5.81. The normalized spacial score (nSPS) is 16.0. The summed E-state index contributed by atoms with van der Waals surface area (Å²) in [5.41, 5.74) is -1.54. The molecule has 1 atom stereocenters. The Morgan fingerprint density at radius 1 is 1.67 bits per heavy atom. The minimum atomic E-state index is -1.54. The molecule has 5 nitrogen and oxygen atoms in total. The van der Waals surface area contributed by atoms with Gasteiger partial charge in [-0.05, 0) is 13.0 Å². The van der Waals surface area contributed by atoms with Crippen LogP contribution in [-0.4, -0.2) is 35.7 Å². The fourth-order valence-corrected chi connectivity index (χ4v) is 0.616. The molecule has 0 heterocycles. The summed E-state index contributed by atoms with van der Waals surface area (Å²) in [5, 5.41) is 16.8. The van der Waals surface area contributed by atoms with E-state index in [4.69, 9.17) is 10.4 Å². The van der Waals surface area contributed by atoms with Crippen molar-refractivity contribution in [2.45, 2.75) is 12.5 Å². The minimum Gasteiger partial charge on any atom is -0.467 e. The van der Waals surface area contributed by atoms with Gasteiger partial charge in [-0.15, -0.1) is 0 Å². The van der Waals surface area contributed by atoms with Crippen LogP contribution in [-0.2, 0) is 14.4 Å². The zero-order chi connectivity index (χ0) is 9.61. The van der Waals surface area contributed by atoms with Gasteiger partial charge in [0.2, 0.25) is 5.60 Å². The average Bonchev–Trinajstić information content (AvgIpc) is 2.12. The van der Waals surface area contributed by atoms with E-state index in [1.807, 2.05) is 0 Å². The molecule has 0 aromatic rings. The minimum absolute atomic E-state index is 0.240. The van der Waals surface area contributed by atoms with Crippen molar-refractivity contribution in [3.8, 4) is 0 Å². The van der Waals surface area contributed by atoms with E-state index < -0.39 is 11.6 Å². The van der Waals surface area contributed by atoms with Crippen LogP contribution in [0.15, 0.2) is 12.2 Å². The molecule has 0 saturated carbocycles. The van der Waals surface area contributed by atoms with Crippen molar-refractivity contribution < 1.29 is 24.8 Å². The molecule has 0 saturated heterocycles. The van der Waals surface area contributed by atoms with Crippen molar-refractivity contribution in [1.29, 1.82) is 0 Å². The number of hydrogen-bond acceptors (Lipinski definition) is 5. The molecule has 1 unspecified atom stereocenters. The lowest BCUT2D eigenvalue weighted by Crippen LogP contribution is -2.36. The molecule has 0 spiro atoms. The summed E-state index contributed by atoms with van der Waals surface area (Å²) in [4.78, 5) is 14.9. The molecule has 0 radical (unpaired) electrons. The first kappa shape index (κ1) is 11.1. The Bertz CT molecular complexity index is 177. The molecule has 0 aliphatic carbocycles. The van der Waals surface area contributed by atoms with Crippen molar-refractivity contribution in [2.24, 2.45) is 0 Å². The molecule has 0 fully saturated rings. The number of ether oxygens (including phenoxy) is 1. The molecule has 0 aliphatic heterocycles. The lowest BCUT2D eigenvalue weighted by atomic mass is 10.1. The molecule has 12 heavy (non-hydrogen) atoms.